The number of ether oxygens (including phenoxy) is 1. The first-order chi connectivity index (χ1) is 25.0. The van der Waals surface area contributed by atoms with E-state index in [-0.39, 0.29) is 18.2 Å². The first kappa shape index (κ1) is 36.7. The Bertz CT molecular complexity index is 1840. The number of nitrogens with zero attached hydrogens (tertiary/aromatic N) is 1. The lowest BCUT2D eigenvalue weighted by Gasteiger charge is -2.38. The Balaban J connectivity index is 1.21. The molecular weight excluding hydrogens is 669 g/mol. The summed E-state index contributed by atoms with van der Waals surface area (Å²) in [4.78, 5) is 41.9. The lowest BCUT2D eigenvalue weighted by atomic mass is 9.90. The lowest BCUT2D eigenvalue weighted by molar-refractivity contribution is -0.143. The number of hydrogen-bond acceptors (Lipinski definition) is 4. The van der Waals surface area contributed by atoms with Crippen LogP contribution in [-0.4, -0.2) is 40.9 Å². The van der Waals surface area contributed by atoms with Gasteiger partial charge < -0.3 is 20.1 Å². The van der Waals surface area contributed by atoms with Gasteiger partial charge in [0.1, 0.15) is 11.8 Å². The molecule has 7 nitrogen and oxygen atoms in total. The van der Waals surface area contributed by atoms with Gasteiger partial charge in [-0.25, -0.2) is 0 Å². The second-order valence-electron chi connectivity index (χ2n) is 13.7. The van der Waals surface area contributed by atoms with E-state index in [1.54, 1.807) is 11.0 Å². The molecule has 10 heteroatoms. The molecule has 1 aliphatic carbocycles. The minimum atomic E-state index is -4.38. The lowest BCUT2D eigenvalue weighted by Crippen LogP contribution is -2.48. The summed E-state index contributed by atoms with van der Waals surface area (Å²) in [6.07, 6.45) is 1.41. The number of nitrogens with one attached hydrogen (secondary N) is 1. The molecule has 1 saturated carbocycles. The van der Waals surface area contributed by atoms with Gasteiger partial charge in [0.15, 0.2) is 0 Å². The molecule has 2 atom stereocenters. The van der Waals surface area contributed by atoms with Crippen molar-refractivity contribution in [1.82, 2.24) is 10.2 Å². The van der Waals surface area contributed by atoms with Gasteiger partial charge in [-0.2, -0.15) is 13.2 Å². The molecule has 4 aromatic rings. The van der Waals surface area contributed by atoms with Gasteiger partial charge in [-0.05, 0) is 95.7 Å². The van der Waals surface area contributed by atoms with Crippen LogP contribution < -0.4 is 10.1 Å². The van der Waals surface area contributed by atoms with Crippen molar-refractivity contribution in [2.45, 2.75) is 76.0 Å². The summed E-state index contributed by atoms with van der Waals surface area (Å²) in [7, 11) is 0. The number of aliphatic carboxylic acids is 1. The number of halogens is 3. The van der Waals surface area contributed by atoms with Crippen molar-refractivity contribution in [2.75, 3.05) is 13.2 Å². The van der Waals surface area contributed by atoms with Crippen molar-refractivity contribution in [3.05, 3.63) is 125 Å². The quantitative estimate of drug-likeness (QED) is 0.135. The van der Waals surface area contributed by atoms with Gasteiger partial charge in [0, 0.05) is 13.0 Å². The maximum atomic E-state index is 14.4. The summed E-state index contributed by atoms with van der Waals surface area (Å²) in [5.74, 6) is -0.837. The zero-order valence-corrected chi connectivity index (χ0v) is 28.9. The molecule has 6 rings (SSSR count). The van der Waals surface area contributed by atoms with Gasteiger partial charge in [0.25, 0.3) is 0 Å². The number of benzene rings is 4. The molecule has 1 heterocycles. The molecule has 4 aromatic carbocycles. The van der Waals surface area contributed by atoms with Gasteiger partial charge in [-0.15, -0.1) is 0 Å². The van der Waals surface area contributed by atoms with Crippen LogP contribution in [0.25, 0.3) is 11.1 Å². The largest absolute Gasteiger partial charge is 0.494 e. The van der Waals surface area contributed by atoms with E-state index in [1.807, 2.05) is 66.7 Å². The highest BCUT2D eigenvalue weighted by Crippen LogP contribution is 2.37. The Morgan fingerprint density at radius 1 is 0.885 bits per heavy atom. The third kappa shape index (κ3) is 9.21. The van der Waals surface area contributed by atoms with Crippen molar-refractivity contribution in [3.8, 4) is 16.9 Å². The topological polar surface area (TPSA) is 95.9 Å². The third-order valence-corrected chi connectivity index (χ3v) is 10.1. The van der Waals surface area contributed by atoms with Gasteiger partial charge in [-0.3, -0.25) is 14.4 Å². The second-order valence-corrected chi connectivity index (χ2v) is 13.7. The van der Waals surface area contributed by atoms with Crippen LogP contribution in [-0.2, 0) is 33.4 Å². The van der Waals surface area contributed by atoms with Crippen molar-refractivity contribution < 1.29 is 37.4 Å². The van der Waals surface area contributed by atoms with Crippen LogP contribution in [0.4, 0.5) is 13.2 Å². The van der Waals surface area contributed by atoms with E-state index in [1.165, 1.54) is 12.1 Å². The predicted molar refractivity (Wildman–Crippen MR) is 191 cm³/mol. The van der Waals surface area contributed by atoms with E-state index in [9.17, 15) is 32.7 Å². The van der Waals surface area contributed by atoms with E-state index < -0.39 is 35.7 Å². The van der Waals surface area contributed by atoms with Crippen LogP contribution in [0.5, 0.6) is 5.75 Å². The highest BCUT2D eigenvalue weighted by molar-refractivity contribution is 5.90. The van der Waals surface area contributed by atoms with E-state index in [0.717, 1.165) is 60.1 Å². The molecule has 2 amide bonds. The average Bonchev–Trinajstić information content (AvgIpc) is 3.65. The molecular formula is C42H43F3N2O5. The molecule has 0 radical (unpaired) electrons. The summed E-state index contributed by atoms with van der Waals surface area (Å²) in [5, 5.41) is 12.8. The number of fused-ring (bicyclic) bond motifs is 1. The maximum absolute atomic E-state index is 14.4. The van der Waals surface area contributed by atoms with Crippen LogP contribution in [0.2, 0.25) is 0 Å². The number of alkyl halides is 3. The highest BCUT2D eigenvalue weighted by Gasteiger charge is 2.38. The first-order valence-electron chi connectivity index (χ1n) is 17.9. The van der Waals surface area contributed by atoms with Crippen LogP contribution in [0, 0.1) is 5.92 Å². The molecule has 272 valence electrons. The second kappa shape index (κ2) is 16.5. The molecule has 1 fully saturated rings. The number of carbonyl (C=O) groups is 3. The zero-order valence-electron chi connectivity index (χ0n) is 28.9. The van der Waals surface area contributed by atoms with Crippen molar-refractivity contribution >= 4 is 17.8 Å². The minimum Gasteiger partial charge on any atom is -0.494 e. The number of carboxylic acid groups (broad SMARTS) is 1. The molecule has 2 N–H and O–H groups in total. The van der Waals surface area contributed by atoms with Gasteiger partial charge in [0.2, 0.25) is 11.8 Å². The molecule has 52 heavy (non-hydrogen) atoms. The van der Waals surface area contributed by atoms with Crippen molar-refractivity contribution in [2.24, 2.45) is 5.92 Å². The summed E-state index contributed by atoms with van der Waals surface area (Å²) in [6.45, 7) is 0.653. The number of carbonyl (C=O) groups excluding carboxylic acids is 2. The van der Waals surface area contributed by atoms with Crippen molar-refractivity contribution in [1.29, 1.82) is 0 Å². The number of rotatable bonds is 13. The minimum absolute atomic E-state index is 0.0949. The SMILES string of the molecule is O=C(O)CC(NC(=O)C1c2cc(OCCCc3ccc(C(F)(F)F)cc3)ccc2CCN1C(=O)CC1CCCC1)c1ccc(-c2ccccc2)cc1. The average molecular weight is 713 g/mol. The summed E-state index contributed by atoms with van der Waals surface area (Å²) in [6, 6.07) is 26.0. The molecule has 0 spiro atoms. The fraction of sp³-hybridized carbons (Fsp3) is 0.357. The zero-order chi connectivity index (χ0) is 36.7. The smallest absolute Gasteiger partial charge is 0.416 e. The number of carboxylic acids is 1. The normalized spacial score (nSPS) is 16.6. The molecule has 2 aliphatic rings. The molecule has 0 bridgehead atoms. The Hall–Kier alpha value is -5.12. The van der Waals surface area contributed by atoms with E-state index in [4.69, 9.17) is 4.74 Å². The molecule has 0 aromatic heterocycles. The molecule has 0 saturated heterocycles. The van der Waals surface area contributed by atoms with Crippen LogP contribution >= 0.6 is 0 Å². The highest BCUT2D eigenvalue weighted by atomic mass is 19.4. The standard InChI is InChI=1S/C42H43F3N2O5/c43-42(44,45)34-19-12-28(13-20-34)9-6-24-52-35-21-18-32-22-23-47(38(48)25-29-7-4-5-8-29)40(36(32)26-35)41(51)46-37(27-39(49)50)33-16-14-31(15-17-33)30-10-2-1-3-11-30/h1-3,10-21,26,29,37,40H,4-9,22-25,27H2,(H,46,51)(H,49,50). The predicted octanol–water partition coefficient (Wildman–Crippen LogP) is 8.72. The Morgan fingerprint density at radius 2 is 1.58 bits per heavy atom. The van der Waals surface area contributed by atoms with Crippen molar-refractivity contribution in [3.63, 3.8) is 0 Å². The number of aryl methyl sites for hydroxylation is 1. The van der Waals surface area contributed by atoms with E-state index in [2.05, 4.69) is 5.32 Å². The third-order valence-electron chi connectivity index (χ3n) is 10.1. The van der Waals surface area contributed by atoms with Gasteiger partial charge in [0.05, 0.1) is 24.6 Å². The first-order valence-corrected chi connectivity index (χ1v) is 17.9. The fourth-order valence-corrected chi connectivity index (χ4v) is 7.36. The Labute approximate surface area is 301 Å². The van der Waals surface area contributed by atoms with Gasteiger partial charge in [-0.1, -0.05) is 85.6 Å². The molecule has 2 unspecified atom stereocenters. The van der Waals surface area contributed by atoms with E-state index >= 15 is 0 Å². The van der Waals surface area contributed by atoms with Crippen LogP contribution in [0.1, 0.15) is 84.8 Å². The fourth-order valence-electron chi connectivity index (χ4n) is 7.36. The Morgan fingerprint density at radius 3 is 2.25 bits per heavy atom. The van der Waals surface area contributed by atoms with Crippen LogP contribution in [0.15, 0.2) is 97.1 Å². The summed E-state index contributed by atoms with van der Waals surface area (Å²) in [5.41, 5.74) is 4.23. The summed E-state index contributed by atoms with van der Waals surface area (Å²) < 4.78 is 44.9. The van der Waals surface area contributed by atoms with Crippen LogP contribution in [0.3, 0.4) is 0 Å². The number of amides is 2. The Kier molecular flexibility index (Phi) is 11.6. The number of hydrogen-bond donors (Lipinski definition) is 2. The monoisotopic (exact) mass is 712 g/mol. The maximum Gasteiger partial charge on any atom is 0.416 e. The molecule has 1 aliphatic heterocycles. The van der Waals surface area contributed by atoms with E-state index in [0.29, 0.717) is 55.7 Å². The summed E-state index contributed by atoms with van der Waals surface area (Å²) >= 11 is 0. The van der Waals surface area contributed by atoms with Gasteiger partial charge >= 0.3 is 12.1 Å².